The second kappa shape index (κ2) is 10.5. The number of para-hydroxylation sites is 1. The van der Waals surface area contributed by atoms with Gasteiger partial charge >= 0.3 is 0 Å². The minimum absolute atomic E-state index is 0.0369. The molecule has 174 valence electrons. The molecule has 1 aliphatic heterocycles. The van der Waals surface area contributed by atoms with Crippen molar-refractivity contribution in [1.29, 1.82) is 0 Å². The number of hydrazone groups is 1. The Morgan fingerprint density at radius 2 is 1.40 bits per heavy atom. The zero-order valence-electron chi connectivity index (χ0n) is 18.6. The number of benzene rings is 4. The van der Waals surface area contributed by atoms with Gasteiger partial charge in [-0.25, -0.2) is 5.01 Å². The fourth-order valence-corrected chi connectivity index (χ4v) is 4.37. The monoisotopic (exact) mass is 517 g/mol. The van der Waals surface area contributed by atoms with E-state index in [1.807, 2.05) is 108 Å². The van der Waals surface area contributed by atoms with Gasteiger partial charge in [0.05, 0.1) is 12.3 Å². The van der Waals surface area contributed by atoms with Gasteiger partial charge < -0.3 is 10.1 Å². The Morgan fingerprint density at radius 3 is 2.06 bits per heavy atom. The third-order valence-electron chi connectivity index (χ3n) is 5.65. The van der Waals surface area contributed by atoms with Crippen LogP contribution in [0.5, 0.6) is 11.5 Å². The standard InChI is InChI=1S/C28H21Cl2N3OS/c29-21-10-6-19(7-11-21)26-18-33(32-27(26)20-8-12-22(30)13-9-20)28(35)31-23-14-16-25(17-15-23)34-24-4-2-1-3-5-24/h1-17,26H,18H2,(H,31,35). The van der Waals surface area contributed by atoms with Gasteiger partial charge in [-0.05, 0) is 84.0 Å². The number of ether oxygens (including phenoxy) is 1. The average molecular weight is 518 g/mol. The van der Waals surface area contributed by atoms with E-state index in [1.165, 1.54) is 0 Å². The van der Waals surface area contributed by atoms with Gasteiger partial charge in [0.1, 0.15) is 11.5 Å². The second-order valence-corrected chi connectivity index (χ2v) is 9.31. The van der Waals surface area contributed by atoms with Crippen LogP contribution in [0.2, 0.25) is 10.0 Å². The Bertz CT molecular complexity index is 1340. The molecule has 0 aromatic heterocycles. The Balaban J connectivity index is 1.33. The van der Waals surface area contributed by atoms with Crippen molar-refractivity contribution in [2.24, 2.45) is 5.10 Å². The maximum Gasteiger partial charge on any atom is 0.194 e. The van der Waals surface area contributed by atoms with E-state index in [1.54, 1.807) is 0 Å². The van der Waals surface area contributed by atoms with E-state index in [-0.39, 0.29) is 5.92 Å². The summed E-state index contributed by atoms with van der Waals surface area (Å²) in [4.78, 5) is 0. The SMILES string of the molecule is S=C(Nc1ccc(Oc2ccccc2)cc1)N1CC(c2ccc(Cl)cc2)C(c2ccc(Cl)cc2)=N1. The molecule has 7 heteroatoms. The summed E-state index contributed by atoms with van der Waals surface area (Å²) in [5.74, 6) is 1.58. The first-order valence-corrected chi connectivity index (χ1v) is 12.2. The van der Waals surface area contributed by atoms with Crippen molar-refractivity contribution in [3.05, 3.63) is 124 Å². The third kappa shape index (κ3) is 5.65. The minimum atomic E-state index is 0.0369. The van der Waals surface area contributed by atoms with Gasteiger partial charge in [-0.3, -0.25) is 0 Å². The lowest BCUT2D eigenvalue weighted by molar-refractivity contribution is 0.481. The van der Waals surface area contributed by atoms with E-state index in [0.717, 1.165) is 34.0 Å². The van der Waals surface area contributed by atoms with Crippen LogP contribution in [0.3, 0.4) is 0 Å². The van der Waals surface area contributed by atoms with Crippen LogP contribution in [0.25, 0.3) is 0 Å². The lowest BCUT2D eigenvalue weighted by Gasteiger charge is -2.18. The van der Waals surface area contributed by atoms with Crippen molar-refractivity contribution in [1.82, 2.24) is 5.01 Å². The van der Waals surface area contributed by atoms with Gasteiger partial charge in [0.15, 0.2) is 5.11 Å². The highest BCUT2D eigenvalue weighted by Gasteiger charge is 2.31. The molecule has 0 bridgehead atoms. The van der Waals surface area contributed by atoms with E-state index in [9.17, 15) is 0 Å². The van der Waals surface area contributed by atoms with E-state index >= 15 is 0 Å². The highest BCUT2D eigenvalue weighted by atomic mass is 35.5. The topological polar surface area (TPSA) is 36.9 Å². The molecule has 35 heavy (non-hydrogen) atoms. The van der Waals surface area contributed by atoms with E-state index in [0.29, 0.717) is 21.7 Å². The molecule has 5 rings (SSSR count). The average Bonchev–Trinajstić information content (AvgIpc) is 3.32. The summed E-state index contributed by atoms with van der Waals surface area (Å²) < 4.78 is 5.87. The molecule has 0 amide bonds. The molecular weight excluding hydrogens is 497 g/mol. The molecule has 4 aromatic carbocycles. The number of anilines is 1. The first kappa shape index (κ1) is 23.4. The molecule has 1 N–H and O–H groups in total. The van der Waals surface area contributed by atoms with Crippen LogP contribution in [0.1, 0.15) is 17.0 Å². The summed E-state index contributed by atoms with van der Waals surface area (Å²) in [7, 11) is 0. The largest absolute Gasteiger partial charge is 0.457 e. The van der Waals surface area contributed by atoms with Crippen molar-refractivity contribution in [3.8, 4) is 11.5 Å². The third-order valence-corrected chi connectivity index (χ3v) is 6.46. The number of rotatable bonds is 5. The smallest absolute Gasteiger partial charge is 0.194 e. The van der Waals surface area contributed by atoms with Crippen molar-refractivity contribution < 1.29 is 4.74 Å². The van der Waals surface area contributed by atoms with Crippen molar-refractivity contribution in [2.45, 2.75) is 5.92 Å². The minimum Gasteiger partial charge on any atom is -0.457 e. The Labute approximate surface area is 219 Å². The van der Waals surface area contributed by atoms with Crippen LogP contribution < -0.4 is 10.1 Å². The van der Waals surface area contributed by atoms with Gasteiger partial charge in [-0.2, -0.15) is 5.10 Å². The summed E-state index contributed by atoms with van der Waals surface area (Å²) in [5, 5.41) is 11.9. The predicted octanol–water partition coefficient (Wildman–Crippen LogP) is 7.99. The predicted molar refractivity (Wildman–Crippen MR) is 148 cm³/mol. The van der Waals surface area contributed by atoms with E-state index in [2.05, 4.69) is 5.32 Å². The van der Waals surface area contributed by atoms with Crippen molar-refractivity contribution >= 4 is 51.9 Å². The fourth-order valence-electron chi connectivity index (χ4n) is 3.89. The number of hydrogen-bond donors (Lipinski definition) is 1. The molecule has 0 saturated heterocycles. The molecule has 0 spiro atoms. The van der Waals surface area contributed by atoms with Crippen LogP contribution in [-0.4, -0.2) is 22.4 Å². The molecular formula is C28H21Cl2N3OS. The Morgan fingerprint density at radius 1 is 0.800 bits per heavy atom. The molecule has 0 radical (unpaired) electrons. The van der Waals surface area contributed by atoms with Gasteiger partial charge in [0.2, 0.25) is 0 Å². The zero-order chi connectivity index (χ0) is 24.2. The number of thiocarbonyl (C=S) groups is 1. The summed E-state index contributed by atoms with van der Waals surface area (Å²) in [6, 6.07) is 32.9. The van der Waals surface area contributed by atoms with Gasteiger partial charge in [-0.15, -0.1) is 0 Å². The maximum absolute atomic E-state index is 6.12. The first-order chi connectivity index (χ1) is 17.0. The first-order valence-electron chi connectivity index (χ1n) is 11.1. The van der Waals surface area contributed by atoms with Crippen LogP contribution in [0.4, 0.5) is 5.69 Å². The fraction of sp³-hybridized carbons (Fsp3) is 0.0714. The molecule has 0 aliphatic carbocycles. The lowest BCUT2D eigenvalue weighted by atomic mass is 9.91. The van der Waals surface area contributed by atoms with Gasteiger partial charge in [0.25, 0.3) is 0 Å². The van der Waals surface area contributed by atoms with Crippen molar-refractivity contribution in [3.63, 3.8) is 0 Å². The summed E-state index contributed by atoms with van der Waals surface area (Å²) in [6.07, 6.45) is 0. The molecule has 1 atom stereocenters. The molecule has 1 aliphatic rings. The van der Waals surface area contributed by atoms with E-state index in [4.69, 9.17) is 45.3 Å². The van der Waals surface area contributed by atoms with E-state index < -0.39 is 0 Å². The Kier molecular flexibility index (Phi) is 7.00. The molecule has 0 fully saturated rings. The molecule has 1 heterocycles. The number of nitrogens with one attached hydrogen (secondary N) is 1. The highest BCUT2D eigenvalue weighted by molar-refractivity contribution is 7.80. The quantitative estimate of drug-likeness (QED) is 0.272. The second-order valence-electron chi connectivity index (χ2n) is 8.05. The summed E-state index contributed by atoms with van der Waals surface area (Å²) >= 11 is 17.9. The summed E-state index contributed by atoms with van der Waals surface area (Å²) in [6.45, 7) is 0.612. The van der Waals surface area contributed by atoms with Gasteiger partial charge in [-0.1, -0.05) is 65.7 Å². The van der Waals surface area contributed by atoms with Crippen LogP contribution in [-0.2, 0) is 0 Å². The lowest BCUT2D eigenvalue weighted by Crippen LogP contribution is -2.30. The number of nitrogens with zero attached hydrogens (tertiary/aromatic N) is 2. The maximum atomic E-state index is 6.12. The van der Waals surface area contributed by atoms with Crippen LogP contribution in [0, 0.1) is 0 Å². The highest BCUT2D eigenvalue weighted by Crippen LogP contribution is 2.31. The molecule has 4 aromatic rings. The summed E-state index contributed by atoms with van der Waals surface area (Å²) in [5.41, 5.74) is 3.91. The van der Waals surface area contributed by atoms with Crippen LogP contribution in [0.15, 0.2) is 108 Å². The molecule has 0 saturated carbocycles. The zero-order valence-corrected chi connectivity index (χ0v) is 20.9. The number of hydrogen-bond acceptors (Lipinski definition) is 3. The van der Waals surface area contributed by atoms with Gasteiger partial charge in [0, 0.05) is 21.7 Å². The number of halogens is 2. The molecule has 4 nitrogen and oxygen atoms in total. The van der Waals surface area contributed by atoms with Crippen LogP contribution >= 0.6 is 35.4 Å². The normalized spacial score (nSPS) is 15.0. The molecule has 1 unspecified atom stereocenters. The Hall–Kier alpha value is -3.38. The van der Waals surface area contributed by atoms with Crippen molar-refractivity contribution in [2.75, 3.05) is 11.9 Å².